The van der Waals surface area contributed by atoms with Crippen molar-refractivity contribution in [2.45, 2.75) is 115 Å². The third-order valence-corrected chi connectivity index (χ3v) is 20.5. The van der Waals surface area contributed by atoms with Crippen LogP contribution in [0.5, 0.6) is 0 Å². The Labute approximate surface area is 447 Å². The Bertz CT molecular complexity index is 3890. The lowest BCUT2D eigenvalue weighted by Gasteiger charge is -2.57. The number of furan rings is 2. The largest absolute Gasteiger partial charge is 0.456 e. The molecular formula is C72H68N2O2. The number of hydrogen-bond donors (Lipinski definition) is 0. The summed E-state index contributed by atoms with van der Waals surface area (Å²) in [5.41, 5.74) is 19.2. The summed E-state index contributed by atoms with van der Waals surface area (Å²) < 4.78 is 13.1. The molecule has 0 aliphatic heterocycles. The fourth-order valence-electron chi connectivity index (χ4n) is 18.0. The molecule has 7 aliphatic rings. The van der Waals surface area contributed by atoms with E-state index in [9.17, 15) is 0 Å². The molecule has 4 heteroatoms. The van der Waals surface area contributed by atoms with Gasteiger partial charge in [0.05, 0.1) is 0 Å². The second-order valence-corrected chi connectivity index (χ2v) is 26.0. The number of benzene rings is 8. The molecule has 2 heterocycles. The molecule has 378 valence electrons. The molecule has 0 spiro atoms. The number of rotatable bonds is 8. The van der Waals surface area contributed by atoms with Crippen molar-refractivity contribution in [3.8, 4) is 11.1 Å². The van der Waals surface area contributed by atoms with Crippen LogP contribution in [-0.2, 0) is 16.2 Å². The summed E-state index contributed by atoms with van der Waals surface area (Å²) in [6, 6.07) is 64.5. The molecule has 8 aromatic carbocycles. The van der Waals surface area contributed by atoms with Crippen LogP contribution in [0.15, 0.2) is 179 Å². The van der Waals surface area contributed by atoms with Crippen LogP contribution < -0.4 is 9.80 Å². The number of hydrogen-bond acceptors (Lipinski definition) is 4. The molecule has 0 N–H and O–H groups in total. The SMILES string of the molecule is CC1CC2CC(C)CC(c3ccc(N(c4ccc5c(c4)C(C)(C)c4cc(N(c6ccc(C78CC9CC(CC(C9)C7)C8)cc6)c6ccc7c(c6)oc6ccccc67)ccc4-5)c4ccc5c(c4)oc4ccccc45)cc3)(C1)C2. The van der Waals surface area contributed by atoms with Crippen LogP contribution in [0.4, 0.5) is 34.1 Å². The maximum Gasteiger partial charge on any atom is 0.137 e. The maximum atomic E-state index is 6.58. The lowest BCUT2D eigenvalue weighted by atomic mass is 9.48. The van der Waals surface area contributed by atoms with Crippen LogP contribution in [0, 0.1) is 35.5 Å². The van der Waals surface area contributed by atoms with Gasteiger partial charge < -0.3 is 18.6 Å². The number of nitrogens with zero attached hydrogens (tertiary/aromatic N) is 2. The highest BCUT2D eigenvalue weighted by Crippen LogP contribution is 2.61. The smallest absolute Gasteiger partial charge is 0.137 e. The summed E-state index contributed by atoms with van der Waals surface area (Å²) in [5, 5.41) is 4.60. The molecular weight excluding hydrogens is 925 g/mol. The topological polar surface area (TPSA) is 32.8 Å². The van der Waals surface area contributed by atoms with Crippen LogP contribution >= 0.6 is 0 Å². The maximum absolute atomic E-state index is 6.58. The minimum absolute atomic E-state index is 0.270. The van der Waals surface area contributed by atoms with Crippen LogP contribution in [0.1, 0.15) is 121 Å². The third kappa shape index (κ3) is 6.93. The summed E-state index contributed by atoms with van der Waals surface area (Å²) in [6.07, 6.45) is 15.2. The first-order valence-electron chi connectivity index (χ1n) is 29.0. The van der Waals surface area contributed by atoms with E-state index in [4.69, 9.17) is 8.83 Å². The molecule has 76 heavy (non-hydrogen) atoms. The second-order valence-electron chi connectivity index (χ2n) is 26.0. The molecule has 2 atom stereocenters. The van der Waals surface area contributed by atoms with E-state index in [2.05, 4.69) is 207 Å². The molecule has 4 nitrogen and oxygen atoms in total. The summed E-state index contributed by atoms with van der Waals surface area (Å²) in [5.74, 6) is 5.11. The van der Waals surface area contributed by atoms with E-state index in [0.717, 1.165) is 102 Å². The zero-order valence-electron chi connectivity index (χ0n) is 44.6. The van der Waals surface area contributed by atoms with Gasteiger partial charge in [-0.3, -0.25) is 0 Å². The van der Waals surface area contributed by atoms with Gasteiger partial charge in [-0.2, -0.15) is 0 Å². The Balaban J connectivity index is 0.792. The molecule has 2 unspecified atom stereocenters. The van der Waals surface area contributed by atoms with Gasteiger partial charge in [0.15, 0.2) is 0 Å². The first-order valence-corrected chi connectivity index (χ1v) is 29.0. The Kier molecular flexibility index (Phi) is 9.80. The van der Waals surface area contributed by atoms with Crippen LogP contribution in [0.2, 0.25) is 0 Å². The number of fused-ring (bicyclic) bond motifs is 11. The molecule has 6 bridgehead atoms. The van der Waals surface area contributed by atoms with E-state index in [1.807, 2.05) is 0 Å². The first kappa shape index (κ1) is 45.2. The van der Waals surface area contributed by atoms with Gasteiger partial charge in [0.2, 0.25) is 0 Å². The van der Waals surface area contributed by atoms with Crippen LogP contribution in [0.3, 0.4) is 0 Å². The molecule has 10 aromatic rings. The average molecular weight is 993 g/mol. The lowest BCUT2D eigenvalue weighted by Crippen LogP contribution is -2.48. The van der Waals surface area contributed by atoms with E-state index in [-0.39, 0.29) is 10.8 Å². The monoisotopic (exact) mass is 993 g/mol. The molecule has 6 saturated carbocycles. The molecule has 0 radical (unpaired) electrons. The van der Waals surface area contributed by atoms with Gasteiger partial charge in [0.25, 0.3) is 0 Å². The Morgan fingerprint density at radius 3 is 1.16 bits per heavy atom. The minimum atomic E-state index is -0.281. The average Bonchev–Trinajstić information content (AvgIpc) is 4.06. The van der Waals surface area contributed by atoms with Crippen molar-refractivity contribution in [1.29, 1.82) is 0 Å². The Morgan fingerprint density at radius 2 is 0.711 bits per heavy atom. The molecule has 0 saturated heterocycles. The van der Waals surface area contributed by atoms with Crippen molar-refractivity contribution in [2.24, 2.45) is 35.5 Å². The predicted molar refractivity (Wildman–Crippen MR) is 314 cm³/mol. The van der Waals surface area contributed by atoms with E-state index >= 15 is 0 Å². The number of anilines is 6. The van der Waals surface area contributed by atoms with Crippen LogP contribution in [0.25, 0.3) is 55.0 Å². The van der Waals surface area contributed by atoms with Gasteiger partial charge in [0, 0.05) is 73.2 Å². The lowest BCUT2D eigenvalue weighted by molar-refractivity contribution is -0.00518. The zero-order valence-corrected chi connectivity index (χ0v) is 44.6. The van der Waals surface area contributed by atoms with Gasteiger partial charge >= 0.3 is 0 Å². The third-order valence-electron chi connectivity index (χ3n) is 20.5. The standard InChI is InChI=1S/C72H68N2O2/c1-44-29-46-30-45(2)39-71(38-44,40-46)50-13-17-52(18-14-50)73(56-23-27-62-60-9-5-7-11-66(60)75-68(62)36-56)54-21-25-58-59-26-22-55(35-65(59)70(3,4)64(58)34-54)74(57-24-28-63-61-10-6-8-12-67(61)76-69(63)37-57)53-19-15-51(16-20-53)72-41-47-31-48(42-72)33-49(32-47)43-72/h5-28,34-37,44-49H,29-33,38-43H2,1-4H3. The van der Waals surface area contributed by atoms with Gasteiger partial charge in [0.1, 0.15) is 22.3 Å². The Hall–Kier alpha value is -7.04. The van der Waals surface area contributed by atoms with Crippen molar-refractivity contribution in [2.75, 3.05) is 9.80 Å². The highest BCUT2D eigenvalue weighted by Gasteiger charge is 2.52. The summed E-state index contributed by atoms with van der Waals surface area (Å²) in [7, 11) is 0. The quantitative estimate of drug-likeness (QED) is 0.152. The Morgan fingerprint density at radius 1 is 0.355 bits per heavy atom. The van der Waals surface area contributed by atoms with E-state index in [1.54, 1.807) is 5.56 Å². The minimum Gasteiger partial charge on any atom is -0.456 e. The number of para-hydroxylation sites is 2. The highest BCUT2D eigenvalue weighted by atomic mass is 16.3. The van der Waals surface area contributed by atoms with Crippen molar-refractivity contribution in [3.63, 3.8) is 0 Å². The molecule has 17 rings (SSSR count). The van der Waals surface area contributed by atoms with E-state index in [1.165, 1.54) is 110 Å². The fraction of sp³-hybridized carbons (Fsp3) is 0.333. The van der Waals surface area contributed by atoms with Gasteiger partial charge in [-0.15, -0.1) is 0 Å². The summed E-state index contributed by atoms with van der Waals surface area (Å²) >= 11 is 0. The van der Waals surface area contributed by atoms with E-state index < -0.39 is 0 Å². The second kappa shape index (κ2) is 16.5. The highest BCUT2D eigenvalue weighted by molar-refractivity contribution is 6.07. The summed E-state index contributed by atoms with van der Waals surface area (Å²) in [4.78, 5) is 4.94. The first-order chi connectivity index (χ1) is 37.0. The molecule has 2 aromatic heterocycles. The van der Waals surface area contributed by atoms with Crippen molar-refractivity contribution in [3.05, 3.63) is 192 Å². The van der Waals surface area contributed by atoms with Crippen molar-refractivity contribution >= 4 is 78.0 Å². The van der Waals surface area contributed by atoms with Gasteiger partial charge in [-0.05, 0) is 235 Å². The molecule has 7 aliphatic carbocycles. The van der Waals surface area contributed by atoms with E-state index in [0.29, 0.717) is 5.41 Å². The fourth-order valence-corrected chi connectivity index (χ4v) is 18.0. The predicted octanol–water partition coefficient (Wildman–Crippen LogP) is 20.3. The molecule has 0 amide bonds. The van der Waals surface area contributed by atoms with Crippen molar-refractivity contribution in [1.82, 2.24) is 0 Å². The van der Waals surface area contributed by atoms with Crippen molar-refractivity contribution < 1.29 is 8.83 Å². The normalized spacial score (nSPS) is 26.8. The zero-order chi connectivity index (χ0) is 50.7. The van der Waals surface area contributed by atoms with Gasteiger partial charge in [-0.25, -0.2) is 0 Å². The van der Waals surface area contributed by atoms with Crippen LogP contribution in [-0.4, -0.2) is 0 Å². The summed E-state index contributed by atoms with van der Waals surface area (Å²) in [6.45, 7) is 9.85. The van der Waals surface area contributed by atoms with Gasteiger partial charge in [-0.1, -0.05) is 100 Å². The molecule has 6 fully saturated rings.